The van der Waals surface area contributed by atoms with E-state index in [-0.39, 0.29) is 18.6 Å². The summed E-state index contributed by atoms with van der Waals surface area (Å²) < 4.78 is 10.3. The summed E-state index contributed by atoms with van der Waals surface area (Å²) in [5.74, 6) is 0.182. The Bertz CT molecular complexity index is 471. The minimum absolute atomic E-state index is 0.165. The van der Waals surface area contributed by atoms with Crippen molar-refractivity contribution in [2.75, 3.05) is 19.7 Å². The first-order valence-corrected chi connectivity index (χ1v) is 7.01. The van der Waals surface area contributed by atoms with Crippen LogP contribution in [-0.2, 0) is 9.47 Å². The van der Waals surface area contributed by atoms with Crippen molar-refractivity contribution in [1.29, 1.82) is 0 Å². The van der Waals surface area contributed by atoms with E-state index in [0.717, 1.165) is 0 Å². The van der Waals surface area contributed by atoms with Crippen LogP contribution in [0.3, 0.4) is 0 Å². The van der Waals surface area contributed by atoms with E-state index in [4.69, 9.17) is 15.2 Å². The molecule has 21 heavy (non-hydrogen) atoms. The number of carbonyl (C=O) groups excluding carboxylic acids is 2. The summed E-state index contributed by atoms with van der Waals surface area (Å²) >= 11 is 0. The molecule has 1 saturated heterocycles. The molecule has 1 fully saturated rings. The Morgan fingerprint density at radius 1 is 1.33 bits per heavy atom. The number of carbonyl (C=O) groups is 2. The van der Waals surface area contributed by atoms with Crippen LogP contribution >= 0.6 is 0 Å². The molecule has 0 aromatic carbocycles. The van der Waals surface area contributed by atoms with Gasteiger partial charge >= 0.3 is 12.2 Å². The van der Waals surface area contributed by atoms with Crippen LogP contribution in [0.4, 0.5) is 9.59 Å². The monoisotopic (exact) mass is 298 g/mol. The maximum atomic E-state index is 12.1. The number of amides is 2. The van der Waals surface area contributed by atoms with Crippen molar-refractivity contribution in [3.05, 3.63) is 0 Å². The average Bonchev–Trinajstić information content (AvgIpc) is 2.88. The van der Waals surface area contributed by atoms with Gasteiger partial charge < -0.3 is 20.1 Å². The molecule has 0 radical (unpaired) electrons. The summed E-state index contributed by atoms with van der Waals surface area (Å²) in [5.41, 5.74) is 5.30. The molecule has 2 aliphatic heterocycles. The van der Waals surface area contributed by atoms with Crippen molar-refractivity contribution in [2.45, 2.75) is 39.3 Å². The smallest absolute Gasteiger partial charge is 0.430 e. The zero-order valence-electron chi connectivity index (χ0n) is 12.8. The zero-order chi connectivity index (χ0) is 15.8. The molecule has 0 aliphatic carbocycles. The Hall–Kier alpha value is -1.99. The fourth-order valence-corrected chi connectivity index (χ4v) is 2.44. The molecule has 0 unspecified atom stereocenters. The molecule has 2 atom stereocenters. The summed E-state index contributed by atoms with van der Waals surface area (Å²) in [5, 5.41) is 5.26. The van der Waals surface area contributed by atoms with Crippen molar-refractivity contribution < 1.29 is 19.1 Å². The van der Waals surface area contributed by atoms with Crippen LogP contribution in [0, 0.1) is 5.92 Å². The number of nitrogens with two attached hydrogens (primary N) is 1. The van der Waals surface area contributed by atoms with Gasteiger partial charge in [0.2, 0.25) is 0 Å². The molecule has 0 spiro atoms. The van der Waals surface area contributed by atoms with Crippen molar-refractivity contribution in [3.8, 4) is 0 Å². The number of amidine groups is 1. The van der Waals surface area contributed by atoms with Crippen LogP contribution < -0.4 is 5.73 Å². The zero-order valence-corrected chi connectivity index (χ0v) is 12.8. The van der Waals surface area contributed by atoms with Crippen LogP contribution in [-0.4, -0.2) is 59.3 Å². The van der Waals surface area contributed by atoms with Crippen molar-refractivity contribution in [2.24, 2.45) is 16.8 Å². The topological polar surface area (TPSA) is 97.5 Å². The van der Waals surface area contributed by atoms with Crippen LogP contribution in [0.5, 0.6) is 0 Å². The standard InChI is InChI=1S/C13H22N4O4/c1-5-20-12(19)17-9-7-16(6-8(9)10(14)15-17)11(18)21-13(2,3)4/h8-9H,5-7H2,1-4H3,(H2,14,15)/t8-,9+/m0/s1. The number of hydrazone groups is 1. The number of fused-ring (bicyclic) bond motifs is 1. The Morgan fingerprint density at radius 2 is 2.00 bits per heavy atom. The highest BCUT2D eigenvalue weighted by Gasteiger charge is 2.48. The highest BCUT2D eigenvalue weighted by Crippen LogP contribution is 2.29. The molecule has 8 nitrogen and oxygen atoms in total. The van der Waals surface area contributed by atoms with E-state index in [1.54, 1.807) is 11.8 Å². The van der Waals surface area contributed by atoms with Gasteiger partial charge in [-0.05, 0) is 27.7 Å². The summed E-state index contributed by atoms with van der Waals surface area (Å²) in [7, 11) is 0. The molecule has 0 aromatic rings. The summed E-state index contributed by atoms with van der Waals surface area (Å²) in [6.45, 7) is 8.14. The van der Waals surface area contributed by atoms with Crippen LogP contribution in [0.2, 0.25) is 0 Å². The van der Waals surface area contributed by atoms with E-state index in [0.29, 0.717) is 18.9 Å². The largest absolute Gasteiger partial charge is 0.448 e. The van der Waals surface area contributed by atoms with Gasteiger partial charge in [-0.3, -0.25) is 0 Å². The number of rotatable bonds is 1. The van der Waals surface area contributed by atoms with Crippen molar-refractivity contribution in [3.63, 3.8) is 0 Å². The van der Waals surface area contributed by atoms with Crippen molar-refractivity contribution in [1.82, 2.24) is 9.91 Å². The Kier molecular flexibility index (Phi) is 3.97. The maximum Gasteiger partial charge on any atom is 0.430 e. The average molecular weight is 298 g/mol. The summed E-state index contributed by atoms with van der Waals surface area (Å²) in [6.07, 6.45) is -0.951. The lowest BCUT2D eigenvalue weighted by Crippen LogP contribution is -2.40. The normalized spacial score (nSPS) is 24.7. The van der Waals surface area contributed by atoms with Crippen LogP contribution in [0.15, 0.2) is 5.10 Å². The SMILES string of the molecule is CCOC(=O)N1N=C(N)[C@H]2CN(C(=O)OC(C)(C)C)C[C@H]21. The molecule has 118 valence electrons. The minimum atomic E-state index is -0.560. The summed E-state index contributed by atoms with van der Waals surface area (Å²) in [6, 6.07) is -0.281. The van der Waals surface area contributed by atoms with Crippen LogP contribution in [0.25, 0.3) is 0 Å². The molecule has 2 amide bonds. The number of nitrogens with zero attached hydrogens (tertiary/aromatic N) is 3. The molecular weight excluding hydrogens is 276 g/mol. The Morgan fingerprint density at radius 3 is 2.57 bits per heavy atom. The van der Waals surface area contributed by atoms with E-state index in [2.05, 4.69) is 5.10 Å². The molecule has 0 saturated carbocycles. The molecule has 8 heteroatoms. The quantitative estimate of drug-likeness (QED) is 0.777. The second-order valence-electron chi connectivity index (χ2n) is 6.13. The van der Waals surface area contributed by atoms with E-state index in [1.807, 2.05) is 20.8 Å². The Labute approximate surface area is 123 Å². The van der Waals surface area contributed by atoms with Gasteiger partial charge in [-0.1, -0.05) is 0 Å². The third-order valence-corrected chi connectivity index (χ3v) is 3.31. The van der Waals surface area contributed by atoms with Gasteiger partial charge in [-0.15, -0.1) is 0 Å². The van der Waals surface area contributed by atoms with Gasteiger partial charge in [0.25, 0.3) is 0 Å². The molecule has 2 heterocycles. The first-order valence-electron chi connectivity index (χ1n) is 7.01. The second kappa shape index (κ2) is 5.42. The molecule has 0 bridgehead atoms. The number of hydrogen-bond acceptors (Lipinski definition) is 6. The first-order chi connectivity index (χ1) is 9.73. The van der Waals surface area contributed by atoms with Crippen LogP contribution in [0.1, 0.15) is 27.7 Å². The first kappa shape index (κ1) is 15.4. The van der Waals surface area contributed by atoms with Gasteiger partial charge in [0.15, 0.2) is 0 Å². The predicted octanol–water partition coefficient (Wildman–Crippen LogP) is 0.966. The van der Waals surface area contributed by atoms with Gasteiger partial charge in [-0.2, -0.15) is 10.1 Å². The number of ether oxygens (including phenoxy) is 2. The van der Waals surface area contributed by atoms with Gasteiger partial charge in [-0.25, -0.2) is 9.59 Å². The fourth-order valence-electron chi connectivity index (χ4n) is 2.44. The molecule has 2 N–H and O–H groups in total. The third kappa shape index (κ3) is 3.20. The van der Waals surface area contributed by atoms with Gasteiger partial charge in [0, 0.05) is 13.1 Å². The summed E-state index contributed by atoms with van der Waals surface area (Å²) in [4.78, 5) is 25.5. The Balaban J connectivity index is 2.05. The second-order valence-corrected chi connectivity index (χ2v) is 6.13. The fraction of sp³-hybridized carbons (Fsp3) is 0.769. The van der Waals surface area contributed by atoms with Gasteiger partial charge in [0.05, 0.1) is 18.6 Å². The van der Waals surface area contributed by atoms with E-state index >= 15 is 0 Å². The maximum absolute atomic E-state index is 12.1. The van der Waals surface area contributed by atoms with Crippen molar-refractivity contribution >= 4 is 18.0 Å². The van der Waals surface area contributed by atoms with E-state index in [1.165, 1.54) is 5.01 Å². The minimum Gasteiger partial charge on any atom is -0.448 e. The van der Waals surface area contributed by atoms with Gasteiger partial charge in [0.1, 0.15) is 11.4 Å². The number of likely N-dealkylation sites (tertiary alicyclic amines) is 1. The number of hydrogen-bond donors (Lipinski definition) is 1. The van der Waals surface area contributed by atoms with E-state index < -0.39 is 17.8 Å². The van der Waals surface area contributed by atoms with E-state index in [9.17, 15) is 9.59 Å². The molecule has 2 rings (SSSR count). The lowest BCUT2D eigenvalue weighted by atomic mass is 10.0. The highest BCUT2D eigenvalue weighted by molar-refractivity contribution is 5.89. The highest BCUT2D eigenvalue weighted by atomic mass is 16.6. The molecular formula is C13H22N4O4. The molecule has 0 aromatic heterocycles. The third-order valence-electron chi connectivity index (χ3n) is 3.31. The lowest BCUT2D eigenvalue weighted by Gasteiger charge is -2.25. The molecule has 2 aliphatic rings. The lowest BCUT2D eigenvalue weighted by molar-refractivity contribution is 0.0273. The predicted molar refractivity (Wildman–Crippen MR) is 75.6 cm³/mol.